The number of nitrogens with one attached hydrogen (secondary N) is 2. The van der Waals surface area contributed by atoms with Crippen LogP contribution in [0.3, 0.4) is 0 Å². The number of halogens is 6. The number of hydrogen-bond acceptors (Lipinski definition) is 3. The standard InChI is InChI=1S/C19H14F6N2O3/c20-18(21,22)13-6-11(7-14(8-13)19(23,24)25)9-30-10-17(12-4-2-1-3-5-12)15(28)26-16(29)27-17/h1-8H,9-10H2,(H2,26,27,28,29). The Bertz CT molecular complexity index is 927. The van der Waals surface area contributed by atoms with Gasteiger partial charge in [-0.15, -0.1) is 0 Å². The van der Waals surface area contributed by atoms with E-state index in [1.54, 1.807) is 18.2 Å². The number of imide groups is 1. The summed E-state index contributed by atoms with van der Waals surface area (Å²) in [6.45, 7) is -1.16. The number of urea groups is 1. The topological polar surface area (TPSA) is 67.4 Å². The quantitative estimate of drug-likeness (QED) is 0.555. The summed E-state index contributed by atoms with van der Waals surface area (Å²) in [4.78, 5) is 24.0. The minimum atomic E-state index is -4.99. The Balaban J connectivity index is 1.86. The van der Waals surface area contributed by atoms with Crippen molar-refractivity contribution in [2.45, 2.75) is 24.5 Å². The first kappa shape index (κ1) is 21.6. The van der Waals surface area contributed by atoms with Gasteiger partial charge in [-0.25, -0.2) is 4.79 Å². The van der Waals surface area contributed by atoms with Crippen LogP contribution in [0.5, 0.6) is 0 Å². The first-order chi connectivity index (χ1) is 13.9. The summed E-state index contributed by atoms with van der Waals surface area (Å²) < 4.78 is 83.1. The van der Waals surface area contributed by atoms with Crippen LogP contribution >= 0.6 is 0 Å². The van der Waals surface area contributed by atoms with Crippen molar-refractivity contribution in [1.82, 2.24) is 10.6 Å². The Kier molecular flexibility index (Phi) is 5.50. The maximum Gasteiger partial charge on any atom is 0.416 e. The molecule has 11 heteroatoms. The molecule has 3 amide bonds. The van der Waals surface area contributed by atoms with Crippen LogP contribution < -0.4 is 10.6 Å². The molecule has 0 aromatic heterocycles. The molecule has 0 aliphatic carbocycles. The second-order valence-electron chi connectivity index (χ2n) is 6.59. The van der Waals surface area contributed by atoms with Crippen LogP contribution in [0.1, 0.15) is 22.3 Å². The highest BCUT2D eigenvalue weighted by Crippen LogP contribution is 2.36. The molecule has 1 aliphatic heterocycles. The molecule has 1 unspecified atom stereocenters. The van der Waals surface area contributed by atoms with E-state index in [2.05, 4.69) is 5.32 Å². The van der Waals surface area contributed by atoms with E-state index in [4.69, 9.17) is 4.74 Å². The molecule has 2 aromatic carbocycles. The number of benzene rings is 2. The first-order valence-electron chi connectivity index (χ1n) is 8.47. The van der Waals surface area contributed by atoms with Crippen molar-refractivity contribution >= 4 is 11.9 Å². The van der Waals surface area contributed by atoms with Gasteiger partial charge in [0.05, 0.1) is 24.3 Å². The molecule has 2 N–H and O–H groups in total. The van der Waals surface area contributed by atoms with Crippen LogP contribution in [0.2, 0.25) is 0 Å². The molecule has 1 heterocycles. The summed E-state index contributed by atoms with van der Waals surface area (Å²) >= 11 is 0. The number of rotatable bonds is 5. The number of hydrogen-bond donors (Lipinski definition) is 2. The first-order valence-corrected chi connectivity index (χ1v) is 8.47. The zero-order valence-electron chi connectivity index (χ0n) is 15.0. The Morgan fingerprint density at radius 1 is 0.867 bits per heavy atom. The monoisotopic (exact) mass is 432 g/mol. The molecule has 5 nitrogen and oxygen atoms in total. The Hall–Kier alpha value is -3.08. The molecular weight excluding hydrogens is 418 g/mol. The van der Waals surface area contributed by atoms with Gasteiger partial charge in [0, 0.05) is 0 Å². The van der Waals surface area contributed by atoms with Crippen molar-refractivity contribution in [2.24, 2.45) is 0 Å². The molecule has 0 radical (unpaired) electrons. The number of amides is 3. The van der Waals surface area contributed by atoms with Crippen molar-refractivity contribution < 1.29 is 40.7 Å². The van der Waals surface area contributed by atoms with E-state index < -0.39 is 54.2 Å². The lowest BCUT2D eigenvalue weighted by Gasteiger charge is -2.26. The van der Waals surface area contributed by atoms with Crippen LogP contribution in [-0.4, -0.2) is 18.5 Å². The highest BCUT2D eigenvalue weighted by Gasteiger charge is 2.48. The highest BCUT2D eigenvalue weighted by molar-refractivity contribution is 6.07. The smallest absolute Gasteiger partial charge is 0.373 e. The van der Waals surface area contributed by atoms with Crippen LogP contribution in [0.25, 0.3) is 0 Å². The number of ether oxygens (including phenoxy) is 1. The van der Waals surface area contributed by atoms with E-state index in [-0.39, 0.29) is 11.6 Å². The fraction of sp³-hybridized carbons (Fsp3) is 0.263. The van der Waals surface area contributed by atoms with Crippen LogP contribution in [0, 0.1) is 0 Å². The second kappa shape index (κ2) is 7.63. The minimum absolute atomic E-state index is 0.0135. The summed E-state index contributed by atoms with van der Waals surface area (Å²) in [5.41, 5.74) is -4.65. The van der Waals surface area contributed by atoms with Crippen LogP contribution in [0.4, 0.5) is 31.1 Å². The van der Waals surface area contributed by atoms with Gasteiger partial charge in [0.1, 0.15) is 0 Å². The van der Waals surface area contributed by atoms with Crippen molar-refractivity contribution in [3.63, 3.8) is 0 Å². The van der Waals surface area contributed by atoms with E-state index in [9.17, 15) is 35.9 Å². The molecule has 0 spiro atoms. The average molecular weight is 432 g/mol. The highest BCUT2D eigenvalue weighted by atomic mass is 19.4. The molecule has 0 saturated carbocycles. The fourth-order valence-electron chi connectivity index (χ4n) is 3.03. The lowest BCUT2D eigenvalue weighted by Crippen LogP contribution is -2.47. The van der Waals surface area contributed by atoms with Crippen LogP contribution in [0.15, 0.2) is 48.5 Å². The SMILES string of the molecule is O=C1NC(=O)C(COCc2cc(C(F)(F)F)cc(C(F)(F)F)c2)(c2ccccc2)N1. The average Bonchev–Trinajstić information content (AvgIpc) is 2.95. The van der Waals surface area contributed by atoms with Gasteiger partial charge in [-0.05, 0) is 29.3 Å². The molecule has 1 fully saturated rings. The van der Waals surface area contributed by atoms with Gasteiger partial charge < -0.3 is 10.1 Å². The predicted molar refractivity (Wildman–Crippen MR) is 90.9 cm³/mol. The van der Waals surface area contributed by atoms with Gasteiger partial charge >= 0.3 is 18.4 Å². The second-order valence-corrected chi connectivity index (χ2v) is 6.59. The molecule has 1 aliphatic rings. The summed E-state index contributed by atoms with van der Waals surface area (Å²) in [6.07, 6.45) is -9.97. The molecule has 3 rings (SSSR count). The van der Waals surface area contributed by atoms with E-state index in [0.29, 0.717) is 17.7 Å². The molecule has 30 heavy (non-hydrogen) atoms. The van der Waals surface area contributed by atoms with Gasteiger partial charge in [-0.1, -0.05) is 30.3 Å². The molecule has 2 aromatic rings. The zero-order valence-corrected chi connectivity index (χ0v) is 15.0. The van der Waals surface area contributed by atoms with E-state index in [1.807, 2.05) is 5.32 Å². The number of carbonyl (C=O) groups excluding carboxylic acids is 2. The summed E-state index contributed by atoms with van der Waals surface area (Å²) in [5, 5.41) is 4.45. The van der Waals surface area contributed by atoms with E-state index >= 15 is 0 Å². The number of carbonyl (C=O) groups is 2. The van der Waals surface area contributed by atoms with Gasteiger partial charge in [-0.3, -0.25) is 10.1 Å². The summed E-state index contributed by atoms with van der Waals surface area (Å²) in [7, 11) is 0. The maximum absolute atomic E-state index is 13.0. The van der Waals surface area contributed by atoms with Crippen molar-refractivity contribution in [1.29, 1.82) is 0 Å². The molecule has 160 valence electrons. The van der Waals surface area contributed by atoms with Gasteiger partial charge in [0.2, 0.25) is 0 Å². The molecule has 1 saturated heterocycles. The third kappa shape index (κ3) is 4.40. The third-order valence-corrected chi connectivity index (χ3v) is 4.44. The van der Waals surface area contributed by atoms with Gasteiger partial charge in [-0.2, -0.15) is 26.3 Å². The normalized spacial score (nSPS) is 19.5. The predicted octanol–water partition coefficient (Wildman–Crippen LogP) is 3.98. The van der Waals surface area contributed by atoms with Crippen LogP contribution in [-0.2, 0) is 34.0 Å². The Labute approximate surface area is 166 Å². The van der Waals surface area contributed by atoms with Gasteiger partial charge in [0.25, 0.3) is 5.91 Å². The molecule has 0 bridgehead atoms. The van der Waals surface area contributed by atoms with Crippen molar-refractivity contribution in [3.8, 4) is 0 Å². The van der Waals surface area contributed by atoms with Gasteiger partial charge in [0.15, 0.2) is 5.54 Å². The lowest BCUT2D eigenvalue weighted by molar-refractivity contribution is -0.143. The maximum atomic E-state index is 13.0. The Morgan fingerprint density at radius 3 is 1.90 bits per heavy atom. The fourth-order valence-corrected chi connectivity index (χ4v) is 3.03. The van der Waals surface area contributed by atoms with E-state index in [1.165, 1.54) is 12.1 Å². The van der Waals surface area contributed by atoms with E-state index in [0.717, 1.165) is 0 Å². The molecule has 1 atom stereocenters. The lowest BCUT2D eigenvalue weighted by atomic mass is 9.91. The largest absolute Gasteiger partial charge is 0.416 e. The summed E-state index contributed by atoms with van der Waals surface area (Å²) in [6, 6.07) is 8.20. The zero-order chi connectivity index (χ0) is 22.2. The van der Waals surface area contributed by atoms with Crippen molar-refractivity contribution in [3.05, 3.63) is 70.8 Å². The molecular formula is C19H14F6N2O3. The minimum Gasteiger partial charge on any atom is -0.373 e. The Morgan fingerprint density at radius 2 is 1.43 bits per heavy atom. The summed E-state index contributed by atoms with van der Waals surface area (Å²) in [5.74, 6) is -0.751. The number of alkyl halides is 6. The van der Waals surface area contributed by atoms with Crippen molar-refractivity contribution in [2.75, 3.05) is 6.61 Å². The third-order valence-electron chi connectivity index (χ3n) is 4.44.